The minimum absolute atomic E-state index is 0.746. The van der Waals surface area contributed by atoms with Crippen LogP contribution in [0.4, 0.5) is 0 Å². The molecule has 0 bridgehead atoms. The molecule has 0 heterocycles. The smallest absolute Gasteiger partial charge is 0.0589 e. The zero-order chi connectivity index (χ0) is 12.7. The molecule has 0 aliphatic heterocycles. The maximum absolute atomic E-state index is 5.63. The Morgan fingerprint density at radius 3 is 2.29 bits per heavy atom. The summed E-state index contributed by atoms with van der Waals surface area (Å²) in [6.45, 7) is 8.59. The molecule has 0 amide bonds. The van der Waals surface area contributed by atoms with Crippen molar-refractivity contribution in [2.45, 2.75) is 45.6 Å². The first-order valence-electron chi connectivity index (χ1n) is 7.10. The van der Waals surface area contributed by atoms with E-state index in [1.165, 1.54) is 19.3 Å². The Morgan fingerprint density at radius 2 is 1.76 bits per heavy atom. The second kappa shape index (κ2) is 8.06. The average Bonchev–Trinajstić information content (AvgIpc) is 2.28. The number of hydrogen-bond donors (Lipinski definition) is 1. The number of rotatable bonds is 7. The quantitative estimate of drug-likeness (QED) is 0.743. The first-order valence-corrected chi connectivity index (χ1v) is 7.10. The lowest BCUT2D eigenvalue weighted by atomic mass is 9.80. The molecule has 2 unspecified atom stereocenters. The third kappa shape index (κ3) is 5.36. The molecule has 1 rings (SSSR count). The Bertz CT molecular complexity index is 181. The van der Waals surface area contributed by atoms with Crippen LogP contribution in [0.25, 0.3) is 0 Å². The Morgan fingerprint density at radius 1 is 1.12 bits per heavy atom. The van der Waals surface area contributed by atoms with Crippen LogP contribution in [0.2, 0.25) is 0 Å². The van der Waals surface area contributed by atoms with Crippen LogP contribution < -0.4 is 5.73 Å². The fraction of sp³-hybridized carbons (Fsp3) is 1.00. The van der Waals surface area contributed by atoms with Crippen LogP contribution in [0.5, 0.6) is 0 Å². The zero-order valence-corrected chi connectivity index (χ0v) is 11.8. The van der Waals surface area contributed by atoms with Crippen molar-refractivity contribution in [1.82, 2.24) is 4.90 Å². The van der Waals surface area contributed by atoms with Gasteiger partial charge in [-0.2, -0.15) is 0 Å². The van der Waals surface area contributed by atoms with Gasteiger partial charge in [0.05, 0.1) is 6.61 Å². The molecule has 0 saturated heterocycles. The predicted molar refractivity (Wildman–Crippen MR) is 73.1 cm³/mol. The van der Waals surface area contributed by atoms with Gasteiger partial charge in [0.1, 0.15) is 0 Å². The summed E-state index contributed by atoms with van der Waals surface area (Å²) in [6, 6.07) is 0.746. The van der Waals surface area contributed by atoms with Gasteiger partial charge in [0.25, 0.3) is 0 Å². The molecule has 1 fully saturated rings. The second-order valence-electron chi connectivity index (χ2n) is 5.74. The molecular formula is C14H30N2O. The highest BCUT2D eigenvalue weighted by atomic mass is 16.5. The number of hydrogen-bond acceptors (Lipinski definition) is 3. The number of ether oxygens (including phenoxy) is 1. The Hall–Kier alpha value is -0.120. The van der Waals surface area contributed by atoms with Crippen LogP contribution in [-0.4, -0.2) is 44.3 Å². The van der Waals surface area contributed by atoms with Crippen molar-refractivity contribution >= 4 is 0 Å². The van der Waals surface area contributed by atoms with Gasteiger partial charge in [-0.25, -0.2) is 0 Å². The highest BCUT2D eigenvalue weighted by Gasteiger charge is 2.27. The van der Waals surface area contributed by atoms with Crippen molar-refractivity contribution in [3.8, 4) is 0 Å². The molecule has 102 valence electrons. The van der Waals surface area contributed by atoms with Crippen molar-refractivity contribution in [3.05, 3.63) is 0 Å². The molecule has 0 aromatic rings. The van der Waals surface area contributed by atoms with E-state index >= 15 is 0 Å². The Balaban J connectivity index is 2.47. The normalized spacial score (nSPS) is 29.8. The van der Waals surface area contributed by atoms with Gasteiger partial charge in [-0.1, -0.05) is 13.8 Å². The van der Waals surface area contributed by atoms with Gasteiger partial charge < -0.3 is 10.5 Å². The van der Waals surface area contributed by atoms with Gasteiger partial charge in [0.2, 0.25) is 0 Å². The van der Waals surface area contributed by atoms with Crippen LogP contribution >= 0.6 is 0 Å². The third-order valence-corrected chi connectivity index (χ3v) is 3.90. The van der Waals surface area contributed by atoms with E-state index in [0.29, 0.717) is 0 Å². The minimum Gasteiger partial charge on any atom is -0.383 e. The standard InChI is InChI=1S/C14H30N2O/c1-12-9-13(2)11-14(10-12)16(6-4-5-15)7-8-17-3/h12-14H,4-11,15H2,1-3H3. The minimum atomic E-state index is 0.746. The second-order valence-corrected chi connectivity index (χ2v) is 5.74. The van der Waals surface area contributed by atoms with Crippen LogP contribution in [0.15, 0.2) is 0 Å². The molecule has 1 aliphatic rings. The first kappa shape index (κ1) is 14.9. The lowest BCUT2D eigenvalue weighted by molar-refractivity contribution is 0.0766. The lowest BCUT2D eigenvalue weighted by Gasteiger charge is -2.39. The molecule has 2 atom stereocenters. The maximum atomic E-state index is 5.63. The van der Waals surface area contributed by atoms with Crippen molar-refractivity contribution in [3.63, 3.8) is 0 Å². The number of methoxy groups -OCH3 is 1. The third-order valence-electron chi connectivity index (χ3n) is 3.90. The summed E-state index contributed by atoms with van der Waals surface area (Å²) in [5.74, 6) is 1.73. The monoisotopic (exact) mass is 242 g/mol. The molecule has 3 nitrogen and oxygen atoms in total. The topological polar surface area (TPSA) is 38.5 Å². The molecule has 0 radical (unpaired) electrons. The number of nitrogens with two attached hydrogens (primary N) is 1. The summed E-state index contributed by atoms with van der Waals surface area (Å²) >= 11 is 0. The molecule has 17 heavy (non-hydrogen) atoms. The van der Waals surface area contributed by atoms with E-state index in [4.69, 9.17) is 10.5 Å². The fourth-order valence-electron chi connectivity index (χ4n) is 3.18. The molecule has 0 aromatic carbocycles. The Labute approximate surface area is 107 Å². The average molecular weight is 242 g/mol. The van der Waals surface area contributed by atoms with E-state index in [1.54, 1.807) is 7.11 Å². The van der Waals surface area contributed by atoms with Gasteiger partial charge >= 0.3 is 0 Å². The van der Waals surface area contributed by atoms with E-state index in [-0.39, 0.29) is 0 Å². The SMILES string of the molecule is COCCN(CCCN)C1CC(C)CC(C)C1. The van der Waals surface area contributed by atoms with Gasteiger partial charge in [0, 0.05) is 19.7 Å². The van der Waals surface area contributed by atoms with Crippen LogP contribution in [0.3, 0.4) is 0 Å². The molecule has 3 heteroatoms. The maximum Gasteiger partial charge on any atom is 0.0589 e. The first-order chi connectivity index (χ1) is 8.17. The molecular weight excluding hydrogens is 212 g/mol. The van der Waals surface area contributed by atoms with Crippen LogP contribution in [-0.2, 0) is 4.74 Å². The molecule has 0 aromatic heterocycles. The lowest BCUT2D eigenvalue weighted by Crippen LogP contribution is -2.43. The predicted octanol–water partition coefficient (Wildman–Crippen LogP) is 2.11. The van der Waals surface area contributed by atoms with E-state index in [0.717, 1.165) is 50.5 Å². The van der Waals surface area contributed by atoms with Crippen molar-refractivity contribution in [2.75, 3.05) is 33.4 Å². The summed E-state index contributed by atoms with van der Waals surface area (Å²) in [7, 11) is 1.78. The molecule has 2 N–H and O–H groups in total. The van der Waals surface area contributed by atoms with Crippen molar-refractivity contribution in [2.24, 2.45) is 17.6 Å². The molecule has 0 spiro atoms. The van der Waals surface area contributed by atoms with Gasteiger partial charge in [-0.15, -0.1) is 0 Å². The van der Waals surface area contributed by atoms with E-state index < -0.39 is 0 Å². The fourth-order valence-corrected chi connectivity index (χ4v) is 3.18. The summed E-state index contributed by atoms with van der Waals surface area (Å²) in [6.07, 6.45) is 5.19. The van der Waals surface area contributed by atoms with Gasteiger partial charge in [-0.3, -0.25) is 4.90 Å². The van der Waals surface area contributed by atoms with Crippen LogP contribution in [0.1, 0.15) is 39.5 Å². The molecule has 1 aliphatic carbocycles. The summed E-state index contributed by atoms with van der Waals surface area (Å²) in [4.78, 5) is 2.60. The van der Waals surface area contributed by atoms with Gasteiger partial charge in [0.15, 0.2) is 0 Å². The van der Waals surface area contributed by atoms with E-state index in [2.05, 4.69) is 18.7 Å². The summed E-state index contributed by atoms with van der Waals surface area (Å²) in [5, 5.41) is 0. The van der Waals surface area contributed by atoms with Gasteiger partial charge in [-0.05, 0) is 50.6 Å². The summed E-state index contributed by atoms with van der Waals surface area (Å²) in [5.41, 5.74) is 5.63. The highest BCUT2D eigenvalue weighted by molar-refractivity contribution is 4.82. The summed E-state index contributed by atoms with van der Waals surface area (Å²) < 4.78 is 5.22. The Kier molecular flexibility index (Phi) is 7.09. The van der Waals surface area contributed by atoms with Crippen molar-refractivity contribution < 1.29 is 4.74 Å². The van der Waals surface area contributed by atoms with E-state index in [1.807, 2.05) is 0 Å². The molecule has 1 saturated carbocycles. The number of nitrogens with zero attached hydrogens (tertiary/aromatic N) is 1. The van der Waals surface area contributed by atoms with E-state index in [9.17, 15) is 0 Å². The van der Waals surface area contributed by atoms with Crippen LogP contribution in [0, 0.1) is 11.8 Å². The largest absolute Gasteiger partial charge is 0.383 e. The highest BCUT2D eigenvalue weighted by Crippen LogP contribution is 2.31. The zero-order valence-electron chi connectivity index (χ0n) is 11.8. The van der Waals surface area contributed by atoms with Crippen molar-refractivity contribution in [1.29, 1.82) is 0 Å².